The number of anilines is 1. The summed E-state index contributed by atoms with van der Waals surface area (Å²) in [5.74, 6) is 0. The summed E-state index contributed by atoms with van der Waals surface area (Å²) in [6, 6.07) is 7.28. The number of nitrogens with two attached hydrogens (primary N) is 1. The molecule has 1 atom stereocenters. The van der Waals surface area contributed by atoms with Crippen LogP contribution in [0.2, 0.25) is 0 Å². The van der Waals surface area contributed by atoms with E-state index < -0.39 is 10.0 Å². The third-order valence-corrected chi connectivity index (χ3v) is 5.41. The molecule has 1 aliphatic carbocycles. The van der Waals surface area contributed by atoms with Crippen molar-refractivity contribution < 1.29 is 8.42 Å². The Bertz CT molecular complexity index is 569. The second-order valence-electron chi connectivity index (χ2n) is 5.37. The van der Waals surface area contributed by atoms with Crippen LogP contribution in [-0.2, 0) is 10.0 Å². The Balaban J connectivity index is 1.70. The lowest BCUT2D eigenvalue weighted by Gasteiger charge is -2.16. The lowest BCUT2D eigenvalue weighted by atomic mass is 10.3. The maximum atomic E-state index is 12.3. The number of rotatable bonds is 4. The van der Waals surface area contributed by atoms with Crippen molar-refractivity contribution in [1.29, 1.82) is 0 Å². The van der Waals surface area contributed by atoms with Gasteiger partial charge in [-0.1, -0.05) is 12.1 Å². The Labute approximate surface area is 113 Å². The summed E-state index contributed by atoms with van der Waals surface area (Å²) in [5.41, 5.74) is 6.04. The average molecular weight is 281 g/mol. The summed E-state index contributed by atoms with van der Waals surface area (Å²) in [5, 5.41) is 0. The lowest BCUT2D eigenvalue weighted by molar-refractivity contribution is 0.322. The molecule has 1 unspecified atom stereocenters. The molecule has 1 saturated carbocycles. The van der Waals surface area contributed by atoms with Gasteiger partial charge in [-0.3, -0.25) is 4.90 Å². The predicted octanol–water partition coefficient (Wildman–Crippen LogP) is 0.784. The maximum absolute atomic E-state index is 12.3. The van der Waals surface area contributed by atoms with Gasteiger partial charge in [-0.15, -0.1) is 0 Å². The first-order valence-electron chi connectivity index (χ1n) is 6.67. The molecule has 19 heavy (non-hydrogen) atoms. The largest absolute Gasteiger partial charge is 0.398 e. The summed E-state index contributed by atoms with van der Waals surface area (Å²) in [7, 11) is -3.50. The van der Waals surface area contributed by atoms with E-state index in [1.165, 1.54) is 12.8 Å². The van der Waals surface area contributed by atoms with Crippen LogP contribution in [-0.4, -0.2) is 38.5 Å². The summed E-state index contributed by atoms with van der Waals surface area (Å²) >= 11 is 0. The highest BCUT2D eigenvalue weighted by Gasteiger charge is 2.35. The van der Waals surface area contributed by atoms with Gasteiger partial charge >= 0.3 is 0 Å². The number of hydrogen-bond donors (Lipinski definition) is 2. The van der Waals surface area contributed by atoms with Crippen LogP contribution < -0.4 is 10.5 Å². The Hall–Kier alpha value is -1.11. The van der Waals surface area contributed by atoms with Crippen molar-refractivity contribution in [2.24, 2.45) is 0 Å². The molecule has 2 fully saturated rings. The fourth-order valence-electron chi connectivity index (χ4n) is 2.66. The molecule has 0 spiro atoms. The van der Waals surface area contributed by atoms with Crippen LogP contribution in [0.25, 0.3) is 0 Å². The zero-order chi connectivity index (χ0) is 13.5. The second kappa shape index (κ2) is 4.77. The van der Waals surface area contributed by atoms with Gasteiger partial charge in [-0.2, -0.15) is 0 Å². The topological polar surface area (TPSA) is 75.4 Å². The zero-order valence-corrected chi connectivity index (χ0v) is 11.6. The maximum Gasteiger partial charge on any atom is 0.242 e. The van der Waals surface area contributed by atoms with Gasteiger partial charge in [0.05, 0.1) is 5.69 Å². The molecule has 0 aromatic heterocycles. The van der Waals surface area contributed by atoms with Crippen LogP contribution in [0.15, 0.2) is 29.2 Å². The summed E-state index contributed by atoms with van der Waals surface area (Å²) in [4.78, 5) is 2.56. The third-order valence-electron chi connectivity index (χ3n) is 3.81. The van der Waals surface area contributed by atoms with Gasteiger partial charge in [0, 0.05) is 25.2 Å². The normalized spacial score (nSPS) is 24.7. The van der Waals surface area contributed by atoms with Crippen molar-refractivity contribution in [3.8, 4) is 0 Å². The van der Waals surface area contributed by atoms with E-state index >= 15 is 0 Å². The van der Waals surface area contributed by atoms with Crippen LogP contribution in [0.5, 0.6) is 0 Å². The van der Waals surface area contributed by atoms with Crippen LogP contribution >= 0.6 is 0 Å². The van der Waals surface area contributed by atoms with Gasteiger partial charge in [0.1, 0.15) is 4.90 Å². The van der Waals surface area contributed by atoms with Crippen molar-refractivity contribution in [3.63, 3.8) is 0 Å². The molecule has 1 heterocycles. The van der Waals surface area contributed by atoms with Crippen molar-refractivity contribution in [2.45, 2.75) is 36.2 Å². The number of benzene rings is 1. The highest BCUT2D eigenvalue weighted by atomic mass is 32.2. The van der Waals surface area contributed by atoms with Crippen LogP contribution in [0, 0.1) is 0 Å². The minimum atomic E-state index is -3.50. The average Bonchev–Trinajstić information content (AvgIpc) is 3.11. The molecule has 0 radical (unpaired) electrons. The van der Waals surface area contributed by atoms with E-state index in [0.29, 0.717) is 11.7 Å². The number of likely N-dealkylation sites (tertiary alicyclic amines) is 1. The van der Waals surface area contributed by atoms with Crippen LogP contribution in [0.4, 0.5) is 5.69 Å². The molecule has 0 bridgehead atoms. The predicted molar refractivity (Wildman–Crippen MR) is 74.2 cm³/mol. The zero-order valence-electron chi connectivity index (χ0n) is 10.7. The first kappa shape index (κ1) is 12.9. The lowest BCUT2D eigenvalue weighted by Crippen LogP contribution is -2.37. The highest BCUT2D eigenvalue weighted by Crippen LogP contribution is 2.30. The van der Waals surface area contributed by atoms with Crippen molar-refractivity contribution in [3.05, 3.63) is 24.3 Å². The Morgan fingerprint density at radius 2 is 1.95 bits per heavy atom. The van der Waals surface area contributed by atoms with Crippen molar-refractivity contribution in [2.75, 3.05) is 18.8 Å². The minimum Gasteiger partial charge on any atom is -0.398 e. The quantitative estimate of drug-likeness (QED) is 0.800. The molecule has 1 aliphatic heterocycles. The molecule has 1 saturated heterocycles. The van der Waals surface area contributed by atoms with Crippen LogP contribution in [0.3, 0.4) is 0 Å². The molecule has 3 N–H and O–H groups in total. The van der Waals surface area contributed by atoms with Gasteiger partial charge in [-0.05, 0) is 31.4 Å². The number of nitrogens with zero attached hydrogens (tertiary/aromatic N) is 1. The smallest absolute Gasteiger partial charge is 0.242 e. The molecule has 0 amide bonds. The van der Waals surface area contributed by atoms with E-state index in [0.717, 1.165) is 19.5 Å². The van der Waals surface area contributed by atoms with Crippen molar-refractivity contribution in [1.82, 2.24) is 9.62 Å². The van der Waals surface area contributed by atoms with Gasteiger partial charge in [-0.25, -0.2) is 13.1 Å². The summed E-state index contributed by atoms with van der Waals surface area (Å²) < 4.78 is 27.4. The van der Waals surface area contributed by atoms with Crippen molar-refractivity contribution >= 4 is 15.7 Å². The number of nitrogen functional groups attached to an aromatic ring is 1. The van der Waals surface area contributed by atoms with Gasteiger partial charge in [0.15, 0.2) is 0 Å². The molecule has 3 rings (SSSR count). The Morgan fingerprint density at radius 3 is 2.63 bits per heavy atom. The first-order chi connectivity index (χ1) is 9.06. The monoisotopic (exact) mass is 281 g/mol. The number of hydrogen-bond acceptors (Lipinski definition) is 4. The van der Waals surface area contributed by atoms with E-state index in [9.17, 15) is 8.42 Å². The van der Waals surface area contributed by atoms with E-state index in [1.807, 2.05) is 0 Å². The molecular weight excluding hydrogens is 262 g/mol. The third kappa shape index (κ3) is 2.75. The minimum absolute atomic E-state index is 0.00482. The van der Waals surface area contributed by atoms with Crippen LogP contribution in [0.1, 0.15) is 19.3 Å². The molecular formula is C13H19N3O2S. The molecule has 5 nitrogen and oxygen atoms in total. The number of para-hydroxylation sites is 1. The summed E-state index contributed by atoms with van der Waals surface area (Å²) in [6.07, 6.45) is 3.39. The van der Waals surface area contributed by atoms with Gasteiger partial charge in [0.25, 0.3) is 0 Å². The molecule has 1 aromatic rings. The number of sulfonamides is 1. The Morgan fingerprint density at radius 1 is 1.21 bits per heavy atom. The van der Waals surface area contributed by atoms with E-state index in [-0.39, 0.29) is 10.9 Å². The van der Waals surface area contributed by atoms with Gasteiger partial charge < -0.3 is 5.73 Å². The first-order valence-corrected chi connectivity index (χ1v) is 8.15. The van der Waals surface area contributed by atoms with E-state index in [4.69, 9.17) is 5.73 Å². The van der Waals surface area contributed by atoms with E-state index in [2.05, 4.69) is 9.62 Å². The van der Waals surface area contributed by atoms with Gasteiger partial charge in [0.2, 0.25) is 10.0 Å². The molecule has 1 aromatic carbocycles. The number of nitrogens with one attached hydrogen (secondary N) is 1. The molecule has 2 aliphatic rings. The fourth-order valence-corrected chi connectivity index (χ4v) is 4.06. The summed E-state index contributed by atoms with van der Waals surface area (Å²) in [6.45, 7) is 1.80. The van der Waals surface area contributed by atoms with E-state index in [1.54, 1.807) is 24.3 Å². The highest BCUT2D eigenvalue weighted by molar-refractivity contribution is 7.89. The molecule has 6 heteroatoms. The SMILES string of the molecule is Nc1ccccc1S(=O)(=O)NC1CCN(C2CC2)C1. The standard InChI is InChI=1S/C13H19N3O2S/c14-12-3-1-2-4-13(12)19(17,18)15-10-7-8-16(9-10)11-5-6-11/h1-4,10-11,15H,5-9,14H2. The molecule has 104 valence electrons. The fraction of sp³-hybridized carbons (Fsp3) is 0.538. The Kier molecular flexibility index (Phi) is 3.24. The second-order valence-corrected chi connectivity index (χ2v) is 7.05.